The quantitative estimate of drug-likeness (QED) is 0.827. The second-order valence-electron chi connectivity index (χ2n) is 6.65. The third kappa shape index (κ3) is 4.68. The molecule has 0 atom stereocenters. The molecule has 6 heteroatoms. The zero-order chi connectivity index (χ0) is 17.7. The summed E-state index contributed by atoms with van der Waals surface area (Å²) in [5, 5.41) is 7.11. The van der Waals surface area contributed by atoms with Gasteiger partial charge in [-0.25, -0.2) is 0 Å². The average molecular weight is 329 g/mol. The molecule has 0 aliphatic heterocycles. The number of aryl methyl sites for hydroxylation is 1. The highest BCUT2D eigenvalue weighted by Crippen LogP contribution is 2.20. The molecule has 0 fully saturated rings. The number of benzene rings is 1. The second-order valence-corrected chi connectivity index (χ2v) is 6.65. The van der Waals surface area contributed by atoms with E-state index in [-0.39, 0.29) is 24.5 Å². The smallest absolute Gasteiger partial charge is 0.228 e. The number of nitrogens with zero attached hydrogens (tertiary/aromatic N) is 2. The van der Waals surface area contributed by atoms with Crippen LogP contribution in [0.4, 0.5) is 5.69 Å². The third-order valence-corrected chi connectivity index (χ3v) is 3.46. The molecule has 1 aromatic carbocycles. The Bertz CT molecular complexity index is 729. The average Bonchev–Trinajstić information content (AvgIpc) is 2.95. The maximum atomic E-state index is 12.2. The minimum absolute atomic E-state index is 0.0262. The SMILES string of the molecule is Cc1cc(CC(=O)Nc2cnn(C(C)(C)C)c2)ccc1OCC=O. The number of aldehydes is 1. The summed E-state index contributed by atoms with van der Waals surface area (Å²) in [4.78, 5) is 22.5. The molecule has 6 nitrogen and oxygen atoms in total. The van der Waals surface area contributed by atoms with Crippen LogP contribution in [0.15, 0.2) is 30.6 Å². The molecule has 0 spiro atoms. The summed E-state index contributed by atoms with van der Waals surface area (Å²) in [6.45, 7) is 8.04. The first-order valence-corrected chi connectivity index (χ1v) is 7.80. The zero-order valence-corrected chi connectivity index (χ0v) is 14.5. The lowest BCUT2D eigenvalue weighted by Crippen LogP contribution is -2.22. The highest BCUT2D eigenvalue weighted by atomic mass is 16.5. The number of amides is 1. The van der Waals surface area contributed by atoms with Crippen molar-refractivity contribution in [1.82, 2.24) is 9.78 Å². The van der Waals surface area contributed by atoms with Crippen LogP contribution in [-0.2, 0) is 21.5 Å². The van der Waals surface area contributed by atoms with Crippen LogP contribution in [0.3, 0.4) is 0 Å². The van der Waals surface area contributed by atoms with E-state index < -0.39 is 0 Å². The van der Waals surface area contributed by atoms with Crippen LogP contribution in [-0.4, -0.2) is 28.6 Å². The van der Waals surface area contributed by atoms with Gasteiger partial charge in [0.05, 0.1) is 23.8 Å². The first-order chi connectivity index (χ1) is 11.3. The molecule has 0 bridgehead atoms. The van der Waals surface area contributed by atoms with Crippen molar-refractivity contribution in [3.63, 3.8) is 0 Å². The summed E-state index contributed by atoms with van der Waals surface area (Å²) >= 11 is 0. The molecule has 128 valence electrons. The minimum Gasteiger partial charge on any atom is -0.486 e. The summed E-state index contributed by atoms with van der Waals surface area (Å²) in [5.74, 6) is 0.544. The van der Waals surface area contributed by atoms with Gasteiger partial charge in [-0.05, 0) is 44.9 Å². The van der Waals surface area contributed by atoms with E-state index in [0.717, 1.165) is 11.1 Å². The number of aromatic nitrogens is 2. The van der Waals surface area contributed by atoms with Gasteiger partial charge in [0.15, 0.2) is 6.29 Å². The molecule has 0 radical (unpaired) electrons. The van der Waals surface area contributed by atoms with Crippen molar-refractivity contribution < 1.29 is 14.3 Å². The van der Waals surface area contributed by atoms with Gasteiger partial charge in [0.25, 0.3) is 0 Å². The molecule has 2 rings (SSSR count). The topological polar surface area (TPSA) is 73.2 Å². The van der Waals surface area contributed by atoms with Crippen molar-refractivity contribution in [1.29, 1.82) is 0 Å². The van der Waals surface area contributed by atoms with Crippen LogP contribution >= 0.6 is 0 Å². The number of hydrogen-bond donors (Lipinski definition) is 1. The van der Waals surface area contributed by atoms with Crippen molar-refractivity contribution in [2.45, 2.75) is 39.7 Å². The lowest BCUT2D eigenvalue weighted by atomic mass is 10.1. The van der Waals surface area contributed by atoms with Crippen LogP contribution in [0.25, 0.3) is 0 Å². The molecule has 0 saturated heterocycles. The molecule has 1 aromatic heterocycles. The highest BCUT2D eigenvalue weighted by Gasteiger charge is 2.15. The Morgan fingerprint density at radius 3 is 2.71 bits per heavy atom. The van der Waals surface area contributed by atoms with Crippen LogP contribution in [0.1, 0.15) is 31.9 Å². The molecule has 0 saturated carbocycles. The summed E-state index contributed by atoms with van der Waals surface area (Å²) in [5.41, 5.74) is 2.32. The molecular weight excluding hydrogens is 306 g/mol. The summed E-state index contributed by atoms with van der Waals surface area (Å²) in [6.07, 6.45) is 4.43. The Labute approximate surface area is 141 Å². The molecule has 24 heavy (non-hydrogen) atoms. The minimum atomic E-state index is -0.128. The fraction of sp³-hybridized carbons (Fsp3) is 0.389. The second kappa shape index (κ2) is 7.29. The monoisotopic (exact) mass is 329 g/mol. The van der Waals surface area contributed by atoms with Gasteiger partial charge in [-0.2, -0.15) is 5.10 Å². The first-order valence-electron chi connectivity index (χ1n) is 7.80. The molecule has 1 amide bonds. The maximum absolute atomic E-state index is 12.2. The van der Waals surface area contributed by atoms with Crippen LogP contribution in [0.5, 0.6) is 5.75 Å². The van der Waals surface area contributed by atoms with E-state index in [1.165, 1.54) is 0 Å². The van der Waals surface area contributed by atoms with E-state index in [0.29, 0.717) is 17.7 Å². The lowest BCUT2D eigenvalue weighted by molar-refractivity contribution is -0.115. The number of hydrogen-bond acceptors (Lipinski definition) is 4. The number of carbonyl (C=O) groups excluding carboxylic acids is 2. The normalized spacial score (nSPS) is 11.2. The fourth-order valence-corrected chi connectivity index (χ4v) is 2.25. The number of ether oxygens (including phenoxy) is 1. The number of nitrogens with one attached hydrogen (secondary N) is 1. The van der Waals surface area contributed by atoms with E-state index in [2.05, 4.69) is 10.4 Å². The molecular formula is C18H23N3O3. The van der Waals surface area contributed by atoms with Gasteiger partial charge in [0.1, 0.15) is 12.4 Å². The summed E-state index contributed by atoms with van der Waals surface area (Å²) < 4.78 is 7.11. The van der Waals surface area contributed by atoms with Crippen molar-refractivity contribution in [2.75, 3.05) is 11.9 Å². The van der Waals surface area contributed by atoms with Crippen molar-refractivity contribution in [3.8, 4) is 5.75 Å². The van der Waals surface area contributed by atoms with Crippen LogP contribution in [0, 0.1) is 6.92 Å². The van der Waals surface area contributed by atoms with Gasteiger partial charge in [-0.15, -0.1) is 0 Å². The van der Waals surface area contributed by atoms with Crippen molar-refractivity contribution >= 4 is 17.9 Å². The molecule has 1 N–H and O–H groups in total. The Hall–Kier alpha value is -2.63. The molecule has 0 aliphatic carbocycles. The molecule has 0 aliphatic rings. The summed E-state index contributed by atoms with van der Waals surface area (Å²) in [7, 11) is 0. The van der Waals surface area contributed by atoms with Gasteiger partial charge in [-0.3, -0.25) is 14.3 Å². The van der Waals surface area contributed by atoms with Gasteiger partial charge in [0.2, 0.25) is 5.91 Å². The number of anilines is 1. The Kier molecular flexibility index (Phi) is 5.39. The largest absolute Gasteiger partial charge is 0.486 e. The van der Waals surface area contributed by atoms with E-state index in [9.17, 15) is 9.59 Å². The standard InChI is InChI=1S/C18H23N3O3/c1-13-9-14(5-6-16(13)24-8-7-22)10-17(23)20-15-11-19-21(12-15)18(2,3)4/h5-7,9,11-12H,8,10H2,1-4H3,(H,20,23). The predicted octanol–water partition coefficient (Wildman–Crippen LogP) is 2.71. The van der Waals surface area contributed by atoms with E-state index in [1.807, 2.05) is 50.7 Å². The highest BCUT2D eigenvalue weighted by molar-refractivity contribution is 5.92. The Balaban J connectivity index is 1.98. The molecule has 2 aromatic rings. The van der Waals surface area contributed by atoms with Crippen molar-refractivity contribution in [2.24, 2.45) is 0 Å². The van der Waals surface area contributed by atoms with Crippen LogP contribution in [0.2, 0.25) is 0 Å². The Morgan fingerprint density at radius 2 is 2.12 bits per heavy atom. The first kappa shape index (κ1) is 17.7. The maximum Gasteiger partial charge on any atom is 0.228 e. The van der Waals surface area contributed by atoms with Crippen molar-refractivity contribution in [3.05, 3.63) is 41.7 Å². The zero-order valence-electron chi connectivity index (χ0n) is 14.5. The van der Waals surface area contributed by atoms with E-state index in [1.54, 1.807) is 12.3 Å². The Morgan fingerprint density at radius 1 is 1.38 bits per heavy atom. The van der Waals surface area contributed by atoms with Gasteiger partial charge in [-0.1, -0.05) is 12.1 Å². The van der Waals surface area contributed by atoms with E-state index in [4.69, 9.17) is 4.74 Å². The van der Waals surface area contributed by atoms with E-state index >= 15 is 0 Å². The van der Waals surface area contributed by atoms with Gasteiger partial charge < -0.3 is 10.1 Å². The number of carbonyl (C=O) groups is 2. The van der Waals surface area contributed by atoms with Gasteiger partial charge in [0, 0.05) is 6.20 Å². The molecule has 0 unspecified atom stereocenters. The predicted molar refractivity (Wildman–Crippen MR) is 92.3 cm³/mol. The molecule has 1 heterocycles. The third-order valence-electron chi connectivity index (χ3n) is 3.46. The lowest BCUT2D eigenvalue weighted by Gasteiger charge is -2.18. The summed E-state index contributed by atoms with van der Waals surface area (Å²) in [6, 6.07) is 5.49. The van der Waals surface area contributed by atoms with Gasteiger partial charge >= 0.3 is 0 Å². The van der Waals surface area contributed by atoms with Crippen LogP contribution < -0.4 is 10.1 Å². The fourth-order valence-electron chi connectivity index (χ4n) is 2.25. The number of rotatable bonds is 6.